The molecule has 0 aliphatic heterocycles. The van der Waals surface area contributed by atoms with Gasteiger partial charge in [-0.15, -0.1) is 0 Å². The van der Waals surface area contributed by atoms with Crippen LogP contribution in [-0.2, 0) is 13.6 Å². The van der Waals surface area contributed by atoms with Gasteiger partial charge in [-0.3, -0.25) is 14.3 Å². The zero-order chi connectivity index (χ0) is 43.2. The summed E-state index contributed by atoms with van der Waals surface area (Å²) in [5.74, 6) is 2.03. The molecular formula is C44H36N14O4. The number of nitrogens with two attached hydrogens (primary N) is 1. The Morgan fingerprint density at radius 3 is 2.05 bits per heavy atom. The number of ether oxygens (including phenoxy) is 2. The van der Waals surface area contributed by atoms with Crippen LogP contribution in [0.5, 0.6) is 11.5 Å². The molecule has 0 unspecified atom stereocenters. The van der Waals surface area contributed by atoms with Gasteiger partial charge in [0.2, 0.25) is 5.95 Å². The minimum absolute atomic E-state index is 0.0713. The van der Waals surface area contributed by atoms with Crippen molar-refractivity contribution in [3.8, 4) is 51.2 Å². The molecular weight excluding hydrogens is 789 g/mol. The molecule has 0 aliphatic carbocycles. The number of nitrogens with one attached hydrogen (secondary N) is 3. The normalized spacial score (nSPS) is 10.7. The zero-order valence-electron chi connectivity index (χ0n) is 33.4. The summed E-state index contributed by atoms with van der Waals surface area (Å²) in [4.78, 5) is 53.8. The van der Waals surface area contributed by atoms with E-state index in [1.807, 2.05) is 61.9 Å². The lowest BCUT2D eigenvalue weighted by Gasteiger charge is -2.14. The summed E-state index contributed by atoms with van der Waals surface area (Å²) in [6.45, 7) is -0.0713. The number of hydrogen-bond acceptors (Lipinski definition) is 15. The van der Waals surface area contributed by atoms with Crippen LogP contribution in [0.3, 0.4) is 0 Å². The number of H-pyrrole nitrogens is 1. The second-order valence-corrected chi connectivity index (χ2v) is 13.6. The molecule has 9 aromatic rings. The van der Waals surface area contributed by atoms with Crippen LogP contribution in [0.1, 0.15) is 0 Å². The van der Waals surface area contributed by atoms with E-state index in [-0.39, 0.29) is 23.6 Å². The van der Waals surface area contributed by atoms with Crippen LogP contribution in [-0.4, -0.2) is 63.5 Å². The third-order valence-corrected chi connectivity index (χ3v) is 9.61. The first-order valence-corrected chi connectivity index (χ1v) is 18.8. The number of nitriles is 1. The molecule has 18 heteroatoms. The number of aryl methyl sites for hydroxylation is 1. The number of aromatic nitrogens is 10. The minimum atomic E-state index is -0.334. The fourth-order valence-corrected chi connectivity index (χ4v) is 6.60. The first-order valence-electron chi connectivity index (χ1n) is 18.8. The minimum Gasteiger partial charge on any atom is -0.493 e. The maximum Gasteiger partial charge on any atom is 0.263 e. The molecule has 7 heterocycles. The molecule has 0 saturated carbocycles. The number of fused-ring (bicyclic) bond motifs is 2. The Kier molecular flexibility index (Phi) is 11.2. The highest BCUT2D eigenvalue weighted by Gasteiger charge is 2.16. The summed E-state index contributed by atoms with van der Waals surface area (Å²) in [6.07, 6.45) is 15.0. The molecule has 0 spiro atoms. The molecule has 306 valence electrons. The van der Waals surface area contributed by atoms with Gasteiger partial charge in [0.25, 0.3) is 11.1 Å². The number of anilines is 5. The highest BCUT2D eigenvalue weighted by atomic mass is 16.5. The van der Waals surface area contributed by atoms with Gasteiger partial charge in [-0.1, -0.05) is 12.1 Å². The fraction of sp³-hybridized carbons (Fsp3) is 0.0909. The standard InChI is InChI=1S/C22H19N7O3.C22H17N7O/c1-31-17-4-3-15(10-18(17)32-2)27-20-19-13(5-7-29(8-6-23)21(19)30)9-16(28-20)14-11-25-22(24)26-12-14;1-29-12-17(11-26-29)14-2-4-18(5-3-14)27-21-20-15(6-7-25-22(20)30)8-19(28-21)16-9-23-13-24-10-16/h3-5,7,9-12H,8H2,1-2H3,(H,27,28)(H2,24,25,26);2-13H,1H3,(H,25,30)(H,27,28). The quantitative estimate of drug-likeness (QED) is 0.119. The molecule has 0 bridgehead atoms. The van der Waals surface area contributed by atoms with Gasteiger partial charge in [-0.2, -0.15) is 10.4 Å². The number of methoxy groups -OCH3 is 2. The van der Waals surface area contributed by atoms with Crippen LogP contribution in [0.2, 0.25) is 0 Å². The van der Waals surface area contributed by atoms with E-state index in [2.05, 4.69) is 50.6 Å². The van der Waals surface area contributed by atoms with E-state index in [0.717, 1.165) is 27.8 Å². The van der Waals surface area contributed by atoms with E-state index in [4.69, 9.17) is 20.5 Å². The first-order chi connectivity index (χ1) is 30.2. The van der Waals surface area contributed by atoms with E-state index in [1.54, 1.807) is 79.3 Å². The largest absolute Gasteiger partial charge is 0.493 e. The fourth-order valence-electron chi connectivity index (χ4n) is 6.60. The average Bonchev–Trinajstić information content (AvgIpc) is 3.74. The highest BCUT2D eigenvalue weighted by Crippen LogP contribution is 2.33. The third-order valence-electron chi connectivity index (χ3n) is 9.61. The lowest BCUT2D eigenvalue weighted by Crippen LogP contribution is -2.20. The smallest absolute Gasteiger partial charge is 0.263 e. The maximum absolute atomic E-state index is 13.1. The molecule has 0 amide bonds. The van der Waals surface area contributed by atoms with Crippen molar-refractivity contribution in [3.05, 3.63) is 143 Å². The summed E-state index contributed by atoms with van der Waals surface area (Å²) < 4.78 is 13.7. The number of hydrogen-bond donors (Lipinski definition) is 4. The number of benzene rings is 2. The van der Waals surface area contributed by atoms with Crippen molar-refractivity contribution < 1.29 is 9.47 Å². The molecule has 0 saturated heterocycles. The lowest BCUT2D eigenvalue weighted by atomic mass is 10.1. The lowest BCUT2D eigenvalue weighted by molar-refractivity contribution is 0.355. The Morgan fingerprint density at radius 2 is 1.39 bits per heavy atom. The molecule has 0 atom stereocenters. The highest BCUT2D eigenvalue weighted by molar-refractivity contribution is 5.96. The van der Waals surface area contributed by atoms with Crippen LogP contribution < -0.4 is 37.0 Å². The Balaban J connectivity index is 0.000000171. The summed E-state index contributed by atoms with van der Waals surface area (Å²) in [5.41, 5.74) is 11.3. The van der Waals surface area contributed by atoms with Crippen molar-refractivity contribution in [2.24, 2.45) is 7.05 Å². The van der Waals surface area contributed by atoms with Crippen LogP contribution in [0.25, 0.3) is 55.2 Å². The van der Waals surface area contributed by atoms with Crippen molar-refractivity contribution >= 4 is 50.5 Å². The molecule has 2 aromatic carbocycles. The SMILES string of the molecule is COc1ccc(Nc2nc(-c3cnc(N)nc3)cc3ccn(CC#N)c(=O)c23)cc1OC.Cn1cc(-c2ccc(Nc3nc(-c4cncnc4)cc4cc[nH]c(=O)c34)cc2)cn1. The second-order valence-electron chi connectivity index (χ2n) is 13.6. The van der Waals surface area contributed by atoms with Crippen molar-refractivity contribution in [2.75, 3.05) is 30.6 Å². The van der Waals surface area contributed by atoms with Crippen molar-refractivity contribution in [1.29, 1.82) is 5.26 Å². The summed E-state index contributed by atoms with van der Waals surface area (Å²) in [6, 6.07) is 22.4. The summed E-state index contributed by atoms with van der Waals surface area (Å²) in [7, 11) is 4.98. The van der Waals surface area contributed by atoms with Gasteiger partial charge < -0.3 is 35.4 Å². The molecule has 5 N–H and O–H groups in total. The van der Waals surface area contributed by atoms with E-state index < -0.39 is 0 Å². The van der Waals surface area contributed by atoms with E-state index in [9.17, 15) is 9.59 Å². The van der Waals surface area contributed by atoms with Gasteiger partial charge in [-0.05, 0) is 64.9 Å². The van der Waals surface area contributed by atoms with Crippen LogP contribution in [0, 0.1) is 11.3 Å². The molecule has 0 aliphatic rings. The Labute approximate surface area is 352 Å². The van der Waals surface area contributed by atoms with Gasteiger partial charge in [0.1, 0.15) is 24.5 Å². The Morgan fingerprint density at radius 1 is 0.742 bits per heavy atom. The summed E-state index contributed by atoms with van der Waals surface area (Å²) >= 11 is 0. The van der Waals surface area contributed by atoms with Crippen LogP contribution in [0.4, 0.5) is 29.0 Å². The molecule has 0 radical (unpaired) electrons. The van der Waals surface area contributed by atoms with Crippen molar-refractivity contribution in [2.45, 2.75) is 6.54 Å². The molecule has 9 rings (SSSR count). The van der Waals surface area contributed by atoms with E-state index in [0.29, 0.717) is 61.9 Å². The maximum atomic E-state index is 13.1. The number of pyridine rings is 4. The zero-order valence-corrected chi connectivity index (χ0v) is 33.4. The van der Waals surface area contributed by atoms with E-state index in [1.165, 1.54) is 18.0 Å². The number of aromatic amines is 1. The topological polar surface area (TPSA) is 242 Å². The van der Waals surface area contributed by atoms with Crippen molar-refractivity contribution in [3.63, 3.8) is 0 Å². The van der Waals surface area contributed by atoms with Gasteiger partial charge >= 0.3 is 0 Å². The number of rotatable bonds is 10. The third kappa shape index (κ3) is 8.43. The molecule has 7 aromatic heterocycles. The van der Waals surface area contributed by atoms with E-state index >= 15 is 0 Å². The van der Waals surface area contributed by atoms with Gasteiger partial charge in [-0.25, -0.2) is 29.9 Å². The predicted molar refractivity (Wildman–Crippen MR) is 235 cm³/mol. The summed E-state index contributed by atoms with van der Waals surface area (Å²) in [5, 5.41) is 22.0. The van der Waals surface area contributed by atoms with Gasteiger partial charge in [0, 0.05) is 84.6 Å². The van der Waals surface area contributed by atoms with Crippen LogP contribution >= 0.6 is 0 Å². The van der Waals surface area contributed by atoms with Crippen molar-refractivity contribution in [1.82, 2.24) is 49.2 Å². The first kappa shape index (κ1) is 39.8. The van der Waals surface area contributed by atoms with Crippen LogP contribution in [0.15, 0.2) is 132 Å². The molecule has 62 heavy (non-hydrogen) atoms. The number of nitrogens with zero attached hydrogens (tertiary/aromatic N) is 10. The second kappa shape index (κ2) is 17.5. The number of nitrogen functional groups attached to an aromatic ring is 1. The Hall–Kier alpha value is -8.98. The Bertz CT molecular complexity index is 3220. The monoisotopic (exact) mass is 824 g/mol. The molecule has 18 nitrogen and oxygen atoms in total. The average molecular weight is 825 g/mol. The predicted octanol–water partition coefficient (Wildman–Crippen LogP) is 6.24. The van der Waals surface area contributed by atoms with Gasteiger partial charge in [0.15, 0.2) is 11.5 Å². The van der Waals surface area contributed by atoms with Gasteiger partial charge in [0.05, 0.1) is 48.6 Å². The molecule has 0 fully saturated rings.